The number of hydrogen-bond acceptors (Lipinski definition) is 4. The molecule has 4 aromatic carbocycles. The van der Waals surface area contributed by atoms with Gasteiger partial charge in [0.1, 0.15) is 17.2 Å². The molecule has 0 spiro atoms. The number of sulfone groups is 1. The van der Waals surface area contributed by atoms with Gasteiger partial charge in [0.2, 0.25) is 9.84 Å². The zero-order valence-corrected chi connectivity index (χ0v) is 18.5. The molecule has 0 saturated heterocycles. The second-order valence-electron chi connectivity index (χ2n) is 7.73. The first-order valence-electron chi connectivity index (χ1n) is 10.4. The number of rotatable bonds is 7. The first-order chi connectivity index (χ1) is 15.4. The maximum Gasteiger partial charge on any atom is 0.206 e. The van der Waals surface area contributed by atoms with E-state index in [4.69, 9.17) is 4.74 Å². The van der Waals surface area contributed by atoms with E-state index >= 15 is 0 Å². The normalized spacial score (nSPS) is 12.3. The summed E-state index contributed by atoms with van der Waals surface area (Å²) in [5, 5.41) is 9.37. The Balaban J connectivity index is 1.42. The van der Waals surface area contributed by atoms with Crippen LogP contribution in [0.5, 0.6) is 17.2 Å². The SMILES string of the molecule is CC(Cc1ccc(Oc2ccc(S(=O)(=O)c3ccc(O)cc3)cc2)cc1)c1ccccc1. The molecule has 32 heavy (non-hydrogen) atoms. The van der Waals surface area contributed by atoms with Crippen molar-refractivity contribution >= 4 is 9.84 Å². The molecule has 4 rings (SSSR count). The summed E-state index contributed by atoms with van der Waals surface area (Å²) < 4.78 is 31.3. The van der Waals surface area contributed by atoms with Gasteiger partial charge in [-0.2, -0.15) is 0 Å². The molecule has 1 atom stereocenters. The maximum absolute atomic E-state index is 12.7. The van der Waals surface area contributed by atoms with Gasteiger partial charge in [0.15, 0.2) is 0 Å². The second-order valence-corrected chi connectivity index (χ2v) is 9.68. The number of benzene rings is 4. The first-order valence-corrected chi connectivity index (χ1v) is 11.9. The zero-order valence-electron chi connectivity index (χ0n) is 17.7. The smallest absolute Gasteiger partial charge is 0.206 e. The molecule has 4 aromatic rings. The van der Waals surface area contributed by atoms with Crippen LogP contribution in [0.4, 0.5) is 0 Å². The third-order valence-electron chi connectivity index (χ3n) is 5.35. The predicted octanol–water partition coefficient (Wildman–Crippen LogP) is 6.36. The van der Waals surface area contributed by atoms with E-state index in [-0.39, 0.29) is 15.5 Å². The summed E-state index contributed by atoms with van der Waals surface area (Å²) in [4.78, 5) is 0.296. The summed E-state index contributed by atoms with van der Waals surface area (Å²) in [6.07, 6.45) is 0.939. The Morgan fingerprint density at radius 3 is 1.78 bits per heavy atom. The minimum absolute atomic E-state index is 0.0215. The number of aromatic hydroxyl groups is 1. The summed E-state index contributed by atoms with van der Waals surface area (Å²) in [6, 6.07) is 30.2. The molecule has 1 unspecified atom stereocenters. The quantitative estimate of drug-likeness (QED) is 0.360. The molecule has 0 amide bonds. The maximum atomic E-state index is 12.7. The summed E-state index contributed by atoms with van der Waals surface area (Å²) >= 11 is 0. The van der Waals surface area contributed by atoms with Crippen LogP contribution < -0.4 is 4.74 Å². The van der Waals surface area contributed by atoms with Gasteiger partial charge in [0.25, 0.3) is 0 Å². The van der Waals surface area contributed by atoms with Crippen molar-refractivity contribution < 1.29 is 18.3 Å². The molecule has 0 bridgehead atoms. The van der Waals surface area contributed by atoms with Crippen LogP contribution in [0.3, 0.4) is 0 Å². The fourth-order valence-electron chi connectivity index (χ4n) is 3.53. The Hall–Kier alpha value is -3.57. The van der Waals surface area contributed by atoms with Crippen LogP contribution in [0.2, 0.25) is 0 Å². The second kappa shape index (κ2) is 9.28. The standard InChI is InChI=1S/C27H24O4S/c1-20(22-5-3-2-4-6-22)19-21-7-11-24(12-8-21)31-25-13-17-27(18-14-25)32(29,30)26-15-9-23(28)10-16-26/h2-18,20,28H,19H2,1H3. The van der Waals surface area contributed by atoms with Gasteiger partial charge in [-0.1, -0.05) is 49.4 Å². The third kappa shape index (κ3) is 5.01. The van der Waals surface area contributed by atoms with Gasteiger partial charge < -0.3 is 9.84 Å². The van der Waals surface area contributed by atoms with E-state index in [1.165, 1.54) is 47.5 Å². The summed E-state index contributed by atoms with van der Waals surface area (Å²) in [7, 11) is -3.65. The van der Waals surface area contributed by atoms with Crippen molar-refractivity contribution in [3.63, 3.8) is 0 Å². The third-order valence-corrected chi connectivity index (χ3v) is 7.14. The largest absolute Gasteiger partial charge is 0.508 e. The summed E-state index contributed by atoms with van der Waals surface area (Å²) in [5.74, 6) is 1.69. The lowest BCUT2D eigenvalue weighted by Crippen LogP contribution is -2.01. The number of phenols is 1. The van der Waals surface area contributed by atoms with Crippen molar-refractivity contribution in [3.05, 3.63) is 114 Å². The lowest BCUT2D eigenvalue weighted by atomic mass is 9.94. The minimum atomic E-state index is -3.65. The van der Waals surface area contributed by atoms with Crippen molar-refractivity contribution in [1.82, 2.24) is 0 Å². The van der Waals surface area contributed by atoms with Gasteiger partial charge in [-0.25, -0.2) is 8.42 Å². The van der Waals surface area contributed by atoms with Gasteiger partial charge >= 0.3 is 0 Å². The predicted molar refractivity (Wildman–Crippen MR) is 125 cm³/mol. The van der Waals surface area contributed by atoms with E-state index in [0.29, 0.717) is 17.4 Å². The minimum Gasteiger partial charge on any atom is -0.508 e. The van der Waals surface area contributed by atoms with E-state index in [1.54, 1.807) is 12.1 Å². The van der Waals surface area contributed by atoms with Gasteiger partial charge in [-0.05, 0) is 84.1 Å². The highest BCUT2D eigenvalue weighted by Gasteiger charge is 2.17. The van der Waals surface area contributed by atoms with Crippen LogP contribution in [-0.4, -0.2) is 13.5 Å². The van der Waals surface area contributed by atoms with Gasteiger partial charge in [-0.15, -0.1) is 0 Å². The lowest BCUT2D eigenvalue weighted by molar-refractivity contribution is 0.475. The highest BCUT2D eigenvalue weighted by molar-refractivity contribution is 7.91. The molecule has 0 aromatic heterocycles. The highest BCUT2D eigenvalue weighted by atomic mass is 32.2. The summed E-state index contributed by atoms with van der Waals surface area (Å²) in [6.45, 7) is 2.22. The molecule has 4 nitrogen and oxygen atoms in total. The first kappa shape index (κ1) is 21.7. The van der Waals surface area contributed by atoms with Crippen LogP contribution in [0.25, 0.3) is 0 Å². The molecule has 0 heterocycles. The molecule has 0 fully saturated rings. The molecule has 1 N–H and O–H groups in total. The molecule has 0 radical (unpaired) electrons. The molecular formula is C27H24O4S. The lowest BCUT2D eigenvalue weighted by Gasteiger charge is -2.13. The van der Waals surface area contributed by atoms with Crippen molar-refractivity contribution in [3.8, 4) is 17.2 Å². The molecular weight excluding hydrogens is 420 g/mol. The topological polar surface area (TPSA) is 63.6 Å². The zero-order chi connectivity index (χ0) is 22.6. The van der Waals surface area contributed by atoms with Crippen LogP contribution in [0.15, 0.2) is 113 Å². The highest BCUT2D eigenvalue weighted by Crippen LogP contribution is 2.28. The molecule has 0 aliphatic rings. The van der Waals surface area contributed by atoms with Crippen LogP contribution >= 0.6 is 0 Å². The van der Waals surface area contributed by atoms with E-state index in [1.807, 2.05) is 18.2 Å². The Bertz CT molecular complexity index is 1260. The molecule has 0 saturated carbocycles. The molecule has 162 valence electrons. The Morgan fingerprint density at radius 1 is 0.719 bits per heavy atom. The van der Waals surface area contributed by atoms with Gasteiger partial charge in [-0.3, -0.25) is 0 Å². The van der Waals surface area contributed by atoms with Crippen molar-refractivity contribution in [2.24, 2.45) is 0 Å². The van der Waals surface area contributed by atoms with Crippen LogP contribution in [0, 0.1) is 0 Å². The molecule has 0 aliphatic carbocycles. The van der Waals surface area contributed by atoms with Gasteiger partial charge in [0, 0.05) is 0 Å². The van der Waals surface area contributed by atoms with Crippen molar-refractivity contribution in [2.75, 3.05) is 0 Å². The van der Waals surface area contributed by atoms with Crippen LogP contribution in [0.1, 0.15) is 24.0 Å². The number of hydrogen-bond donors (Lipinski definition) is 1. The Morgan fingerprint density at radius 2 is 1.22 bits per heavy atom. The number of phenolic OH excluding ortho intramolecular Hbond substituents is 1. The average Bonchev–Trinajstić information content (AvgIpc) is 2.81. The van der Waals surface area contributed by atoms with Crippen molar-refractivity contribution in [1.29, 1.82) is 0 Å². The van der Waals surface area contributed by atoms with Crippen molar-refractivity contribution in [2.45, 2.75) is 29.1 Å². The fourth-order valence-corrected chi connectivity index (χ4v) is 4.79. The Kier molecular flexibility index (Phi) is 6.28. The van der Waals surface area contributed by atoms with Crippen LogP contribution in [-0.2, 0) is 16.3 Å². The van der Waals surface area contributed by atoms with E-state index < -0.39 is 9.84 Å². The molecule has 0 aliphatic heterocycles. The van der Waals surface area contributed by atoms with Gasteiger partial charge in [0.05, 0.1) is 9.79 Å². The average molecular weight is 445 g/mol. The fraction of sp³-hybridized carbons (Fsp3) is 0.111. The monoisotopic (exact) mass is 444 g/mol. The van der Waals surface area contributed by atoms with E-state index in [9.17, 15) is 13.5 Å². The van der Waals surface area contributed by atoms with E-state index in [2.05, 4.69) is 43.3 Å². The molecule has 5 heteroatoms. The van der Waals surface area contributed by atoms with E-state index in [0.717, 1.165) is 6.42 Å². The summed E-state index contributed by atoms with van der Waals surface area (Å²) in [5.41, 5.74) is 2.54. The number of ether oxygens (including phenoxy) is 1. The Labute approximate surface area is 188 Å².